The number of fused-ring (bicyclic) bond motifs is 1. The van der Waals surface area contributed by atoms with E-state index in [1.807, 2.05) is 54.6 Å². The number of likely N-dealkylation sites (tertiary alicyclic amines) is 1. The fourth-order valence-corrected chi connectivity index (χ4v) is 5.41. The van der Waals surface area contributed by atoms with E-state index < -0.39 is 5.54 Å². The zero-order valence-electron chi connectivity index (χ0n) is 17.0. The number of Topliss-reactive ketones (excluding diaryl/α,β-unsaturated/α-hetero) is 2. The average Bonchev–Trinajstić information content (AvgIpc) is 3.04. The largest absolute Gasteiger partial charge is 0.313 e. The number of hydrogen-bond donors (Lipinski definition) is 1. The number of ketones is 2. The van der Waals surface area contributed by atoms with Crippen LogP contribution in [-0.2, 0) is 12.0 Å². The first-order chi connectivity index (χ1) is 14.7. The van der Waals surface area contributed by atoms with Gasteiger partial charge in [-0.25, -0.2) is 0 Å². The van der Waals surface area contributed by atoms with Crippen LogP contribution in [0.2, 0.25) is 0 Å². The summed E-state index contributed by atoms with van der Waals surface area (Å²) in [6.45, 7) is 1.66. The summed E-state index contributed by atoms with van der Waals surface area (Å²) in [6, 6.07) is 27.6. The van der Waals surface area contributed by atoms with E-state index in [2.05, 4.69) is 30.3 Å². The highest BCUT2D eigenvalue weighted by Crippen LogP contribution is 2.36. The van der Waals surface area contributed by atoms with E-state index in [4.69, 9.17) is 0 Å². The van der Waals surface area contributed by atoms with Crippen LogP contribution in [-0.4, -0.2) is 24.7 Å². The van der Waals surface area contributed by atoms with Gasteiger partial charge in [0.15, 0.2) is 0 Å². The van der Waals surface area contributed by atoms with Gasteiger partial charge in [0.2, 0.25) is 11.6 Å². The first kappa shape index (κ1) is 19.0. The van der Waals surface area contributed by atoms with Crippen LogP contribution in [0.4, 0.5) is 0 Å². The summed E-state index contributed by atoms with van der Waals surface area (Å²) in [5.41, 5.74) is 2.20. The number of quaternary nitrogens is 1. The van der Waals surface area contributed by atoms with Gasteiger partial charge in [-0.1, -0.05) is 84.9 Å². The number of nitrogens with one attached hydrogen (secondary N) is 1. The lowest BCUT2D eigenvalue weighted by atomic mass is 9.80. The van der Waals surface area contributed by atoms with Gasteiger partial charge < -0.3 is 4.90 Å². The van der Waals surface area contributed by atoms with Crippen molar-refractivity contribution >= 4 is 11.6 Å². The molecule has 1 aliphatic heterocycles. The Kier molecular flexibility index (Phi) is 4.84. The summed E-state index contributed by atoms with van der Waals surface area (Å²) >= 11 is 0. The van der Waals surface area contributed by atoms with E-state index in [1.165, 1.54) is 5.56 Å². The Labute approximate surface area is 177 Å². The number of benzene rings is 3. The van der Waals surface area contributed by atoms with E-state index in [1.54, 1.807) is 0 Å². The molecule has 0 unspecified atom stereocenters. The molecule has 0 bridgehead atoms. The molecule has 3 aromatic carbocycles. The molecule has 1 fully saturated rings. The third-order valence-electron chi connectivity index (χ3n) is 6.91. The van der Waals surface area contributed by atoms with Crippen LogP contribution in [0, 0.1) is 5.92 Å². The second-order valence-electron chi connectivity index (χ2n) is 8.56. The molecule has 5 rings (SSSR count). The van der Waals surface area contributed by atoms with Crippen molar-refractivity contribution in [1.29, 1.82) is 0 Å². The second kappa shape index (κ2) is 7.66. The van der Waals surface area contributed by atoms with Crippen LogP contribution < -0.4 is 4.90 Å². The SMILES string of the molecule is O=C1c2ccccc2C(=O)C1(c1ccccc1)[NH+]1CCC(Cc2ccccc2)CC1. The molecule has 3 aromatic rings. The quantitative estimate of drug-likeness (QED) is 0.686. The molecule has 0 saturated carbocycles. The first-order valence-corrected chi connectivity index (χ1v) is 10.8. The van der Waals surface area contributed by atoms with Gasteiger partial charge in [-0.05, 0) is 30.7 Å². The molecule has 0 radical (unpaired) electrons. The number of carbonyl (C=O) groups excluding carboxylic acids is 2. The number of carbonyl (C=O) groups is 2. The van der Waals surface area contributed by atoms with Crippen molar-refractivity contribution in [2.45, 2.75) is 24.8 Å². The molecule has 0 spiro atoms. The van der Waals surface area contributed by atoms with Crippen LogP contribution in [0.15, 0.2) is 84.9 Å². The Morgan fingerprint density at radius 3 is 1.77 bits per heavy atom. The highest BCUT2D eigenvalue weighted by molar-refractivity contribution is 6.31. The summed E-state index contributed by atoms with van der Waals surface area (Å²) in [7, 11) is 0. The number of rotatable bonds is 4. The molecule has 1 heterocycles. The maximum Gasteiger partial charge on any atom is 0.250 e. The average molecular weight is 397 g/mol. The molecule has 1 N–H and O–H groups in total. The van der Waals surface area contributed by atoms with Crippen molar-refractivity contribution in [2.24, 2.45) is 5.92 Å². The van der Waals surface area contributed by atoms with Gasteiger partial charge in [-0.2, -0.15) is 0 Å². The molecule has 0 aromatic heterocycles. The molecule has 1 saturated heterocycles. The second-order valence-corrected chi connectivity index (χ2v) is 8.56. The maximum absolute atomic E-state index is 13.8. The van der Waals surface area contributed by atoms with E-state index in [0.717, 1.165) is 42.8 Å². The van der Waals surface area contributed by atoms with Gasteiger partial charge >= 0.3 is 0 Å². The van der Waals surface area contributed by atoms with Crippen molar-refractivity contribution in [1.82, 2.24) is 0 Å². The standard InChI is InChI=1S/C27H25NO2/c29-25-23-13-7-8-14-24(23)26(30)27(25,22-11-5-2-6-12-22)28-17-15-21(16-18-28)19-20-9-3-1-4-10-20/h1-14,21H,15-19H2/p+1. The monoisotopic (exact) mass is 396 g/mol. The zero-order valence-corrected chi connectivity index (χ0v) is 17.0. The first-order valence-electron chi connectivity index (χ1n) is 10.8. The lowest BCUT2D eigenvalue weighted by Crippen LogP contribution is -3.21. The smallest absolute Gasteiger partial charge is 0.250 e. The van der Waals surface area contributed by atoms with Gasteiger partial charge in [-0.15, -0.1) is 0 Å². The Morgan fingerprint density at radius 2 is 1.20 bits per heavy atom. The molecule has 30 heavy (non-hydrogen) atoms. The van der Waals surface area contributed by atoms with Gasteiger partial charge in [-0.3, -0.25) is 9.59 Å². The summed E-state index contributed by atoms with van der Waals surface area (Å²) in [6.07, 6.45) is 3.11. The minimum atomic E-state index is -1.14. The van der Waals surface area contributed by atoms with Crippen molar-refractivity contribution in [2.75, 3.05) is 13.1 Å². The Balaban J connectivity index is 1.47. The fraction of sp³-hybridized carbons (Fsp3) is 0.259. The van der Waals surface area contributed by atoms with Crippen LogP contribution in [0.25, 0.3) is 0 Å². The zero-order chi connectivity index (χ0) is 20.6. The molecule has 0 amide bonds. The molecule has 3 heteroatoms. The lowest BCUT2D eigenvalue weighted by Gasteiger charge is -2.40. The van der Waals surface area contributed by atoms with Gasteiger partial charge in [0.25, 0.3) is 5.54 Å². The third kappa shape index (κ3) is 2.93. The maximum atomic E-state index is 13.8. The summed E-state index contributed by atoms with van der Waals surface area (Å²) in [4.78, 5) is 28.6. The predicted octanol–water partition coefficient (Wildman–Crippen LogP) is 3.50. The van der Waals surface area contributed by atoms with E-state index in [0.29, 0.717) is 17.0 Å². The minimum absolute atomic E-state index is 0.0363. The molecule has 3 nitrogen and oxygen atoms in total. The molecule has 150 valence electrons. The highest BCUT2D eigenvalue weighted by Gasteiger charge is 2.61. The lowest BCUT2D eigenvalue weighted by molar-refractivity contribution is -0.943. The molecular formula is C27H26NO2+. The van der Waals surface area contributed by atoms with Crippen molar-refractivity contribution in [3.8, 4) is 0 Å². The summed E-state index contributed by atoms with van der Waals surface area (Å²) in [5, 5.41) is 0. The minimum Gasteiger partial charge on any atom is -0.313 e. The Morgan fingerprint density at radius 1 is 0.700 bits per heavy atom. The van der Waals surface area contributed by atoms with Crippen LogP contribution in [0.3, 0.4) is 0 Å². The van der Waals surface area contributed by atoms with Crippen molar-refractivity contribution in [3.63, 3.8) is 0 Å². The van der Waals surface area contributed by atoms with Crippen molar-refractivity contribution < 1.29 is 14.5 Å². The third-order valence-corrected chi connectivity index (χ3v) is 6.91. The van der Waals surface area contributed by atoms with Gasteiger partial charge in [0.05, 0.1) is 13.1 Å². The Hall–Kier alpha value is -3.04. The topological polar surface area (TPSA) is 38.6 Å². The van der Waals surface area contributed by atoms with Gasteiger partial charge in [0, 0.05) is 16.7 Å². The van der Waals surface area contributed by atoms with Crippen LogP contribution >= 0.6 is 0 Å². The Bertz CT molecular complexity index is 1030. The summed E-state index contributed by atoms with van der Waals surface area (Å²) < 4.78 is 0. The molecule has 2 aliphatic rings. The highest BCUT2D eigenvalue weighted by atomic mass is 16.2. The van der Waals surface area contributed by atoms with Crippen LogP contribution in [0.5, 0.6) is 0 Å². The normalized spacial score (nSPS) is 22.7. The predicted molar refractivity (Wildman–Crippen MR) is 117 cm³/mol. The van der Waals surface area contributed by atoms with Crippen molar-refractivity contribution in [3.05, 3.63) is 107 Å². The van der Waals surface area contributed by atoms with E-state index in [-0.39, 0.29) is 11.6 Å². The van der Waals surface area contributed by atoms with Crippen LogP contribution in [0.1, 0.15) is 44.7 Å². The van der Waals surface area contributed by atoms with E-state index >= 15 is 0 Å². The molecular weight excluding hydrogens is 370 g/mol. The molecule has 1 aliphatic carbocycles. The molecule has 0 atom stereocenters. The van der Waals surface area contributed by atoms with E-state index in [9.17, 15) is 9.59 Å². The number of piperidine rings is 1. The fourth-order valence-electron chi connectivity index (χ4n) is 5.41. The number of hydrogen-bond acceptors (Lipinski definition) is 2. The van der Waals surface area contributed by atoms with Gasteiger partial charge in [0.1, 0.15) is 0 Å². The summed E-state index contributed by atoms with van der Waals surface area (Å²) in [5.74, 6) is 0.523.